The van der Waals surface area contributed by atoms with E-state index < -0.39 is 0 Å². The van der Waals surface area contributed by atoms with Gasteiger partial charge in [-0.05, 0) is 48.3 Å². The Hall–Kier alpha value is -0.980. The minimum atomic E-state index is 0.216. The van der Waals surface area contributed by atoms with Crippen molar-refractivity contribution in [2.45, 2.75) is 19.4 Å². The van der Waals surface area contributed by atoms with Gasteiger partial charge in [0.05, 0.1) is 18.2 Å². The summed E-state index contributed by atoms with van der Waals surface area (Å²) in [6.07, 6.45) is 2.67. The standard InChI is InChI=1S/C13H16BrN3OS/c1-3-15-11(13-8-16-17-19-13)7-9-6-10(14)4-5-12(9)18-2/h4-6,8,11,15H,3,7H2,1-2H3. The number of likely N-dealkylation sites (N-methyl/N-ethyl adjacent to an activating group) is 1. The molecule has 0 saturated carbocycles. The third kappa shape index (κ3) is 3.75. The molecule has 0 aliphatic heterocycles. The van der Waals surface area contributed by atoms with E-state index in [4.69, 9.17) is 4.74 Å². The lowest BCUT2D eigenvalue weighted by molar-refractivity contribution is 0.406. The zero-order valence-electron chi connectivity index (χ0n) is 10.9. The minimum absolute atomic E-state index is 0.216. The second kappa shape index (κ2) is 6.98. The van der Waals surface area contributed by atoms with Gasteiger partial charge in [-0.1, -0.05) is 27.3 Å². The average molecular weight is 342 g/mol. The number of rotatable bonds is 6. The average Bonchev–Trinajstić information content (AvgIpc) is 2.92. The van der Waals surface area contributed by atoms with Gasteiger partial charge in [-0.2, -0.15) is 0 Å². The molecule has 1 unspecified atom stereocenters. The first-order valence-electron chi connectivity index (χ1n) is 6.07. The Labute approximate surface area is 125 Å². The van der Waals surface area contributed by atoms with Crippen LogP contribution in [-0.4, -0.2) is 23.2 Å². The van der Waals surface area contributed by atoms with E-state index in [1.165, 1.54) is 11.5 Å². The van der Waals surface area contributed by atoms with Crippen molar-refractivity contribution in [2.24, 2.45) is 0 Å². The zero-order valence-corrected chi connectivity index (χ0v) is 13.3. The summed E-state index contributed by atoms with van der Waals surface area (Å²) >= 11 is 4.94. The van der Waals surface area contributed by atoms with E-state index in [0.29, 0.717) is 0 Å². The molecule has 0 bridgehead atoms. The number of hydrogen-bond acceptors (Lipinski definition) is 5. The molecule has 1 aromatic heterocycles. The fraction of sp³-hybridized carbons (Fsp3) is 0.385. The van der Waals surface area contributed by atoms with Crippen molar-refractivity contribution in [2.75, 3.05) is 13.7 Å². The number of hydrogen-bond donors (Lipinski definition) is 1. The zero-order chi connectivity index (χ0) is 13.7. The van der Waals surface area contributed by atoms with Crippen molar-refractivity contribution in [3.63, 3.8) is 0 Å². The van der Waals surface area contributed by atoms with E-state index in [0.717, 1.165) is 33.6 Å². The SMILES string of the molecule is CCNC(Cc1cc(Br)ccc1OC)c1cnns1. The van der Waals surface area contributed by atoms with Gasteiger partial charge >= 0.3 is 0 Å². The molecule has 1 heterocycles. The highest BCUT2D eigenvalue weighted by Gasteiger charge is 2.16. The van der Waals surface area contributed by atoms with Crippen molar-refractivity contribution in [3.05, 3.63) is 39.3 Å². The van der Waals surface area contributed by atoms with Crippen molar-refractivity contribution in [1.29, 1.82) is 0 Å². The summed E-state index contributed by atoms with van der Waals surface area (Å²) in [6.45, 7) is 3.00. The van der Waals surface area contributed by atoms with Crippen LogP contribution in [0.4, 0.5) is 0 Å². The van der Waals surface area contributed by atoms with Crippen LogP contribution in [-0.2, 0) is 6.42 Å². The molecule has 2 rings (SSSR count). The molecule has 0 spiro atoms. The lowest BCUT2D eigenvalue weighted by atomic mass is 10.0. The molecule has 102 valence electrons. The highest BCUT2D eigenvalue weighted by atomic mass is 79.9. The van der Waals surface area contributed by atoms with Gasteiger partial charge in [0, 0.05) is 10.5 Å². The predicted octanol–water partition coefficient (Wildman–Crippen LogP) is 3.20. The Kier molecular flexibility index (Phi) is 5.30. The van der Waals surface area contributed by atoms with Gasteiger partial charge in [0.25, 0.3) is 0 Å². The van der Waals surface area contributed by atoms with E-state index in [9.17, 15) is 0 Å². The lowest BCUT2D eigenvalue weighted by Gasteiger charge is -2.17. The number of aromatic nitrogens is 2. The molecule has 0 radical (unpaired) electrons. The van der Waals surface area contributed by atoms with E-state index in [2.05, 4.69) is 43.8 Å². The van der Waals surface area contributed by atoms with Crippen molar-refractivity contribution in [1.82, 2.24) is 14.9 Å². The van der Waals surface area contributed by atoms with Crippen molar-refractivity contribution >= 4 is 27.5 Å². The third-order valence-electron chi connectivity index (χ3n) is 2.84. The maximum absolute atomic E-state index is 5.42. The van der Waals surface area contributed by atoms with Crippen LogP contribution in [0.5, 0.6) is 5.75 Å². The lowest BCUT2D eigenvalue weighted by Crippen LogP contribution is -2.22. The van der Waals surface area contributed by atoms with Gasteiger partial charge in [-0.15, -0.1) is 5.10 Å². The summed E-state index contributed by atoms with van der Waals surface area (Å²) in [5.41, 5.74) is 1.16. The Bertz CT molecular complexity index is 519. The third-order valence-corrected chi connectivity index (χ3v) is 4.11. The first-order chi connectivity index (χ1) is 9.24. The fourth-order valence-corrected chi connectivity index (χ4v) is 2.96. The Morgan fingerprint density at radius 1 is 1.47 bits per heavy atom. The molecule has 0 saturated heterocycles. The quantitative estimate of drug-likeness (QED) is 0.876. The summed E-state index contributed by atoms with van der Waals surface area (Å²) in [5, 5.41) is 7.38. The van der Waals surface area contributed by atoms with E-state index in [-0.39, 0.29) is 6.04 Å². The smallest absolute Gasteiger partial charge is 0.122 e. The van der Waals surface area contributed by atoms with Crippen LogP contribution in [0.1, 0.15) is 23.4 Å². The summed E-state index contributed by atoms with van der Waals surface area (Å²) in [5.74, 6) is 0.906. The first-order valence-corrected chi connectivity index (χ1v) is 7.64. The number of nitrogens with zero attached hydrogens (tertiary/aromatic N) is 2. The second-order valence-corrected chi connectivity index (χ2v) is 5.82. The van der Waals surface area contributed by atoms with Crippen LogP contribution in [0.15, 0.2) is 28.9 Å². The molecule has 0 aliphatic carbocycles. The molecule has 1 atom stereocenters. The molecule has 6 heteroatoms. The van der Waals surface area contributed by atoms with Crippen LogP contribution in [0.25, 0.3) is 0 Å². The normalized spacial score (nSPS) is 12.4. The van der Waals surface area contributed by atoms with E-state index in [1.54, 1.807) is 7.11 Å². The number of benzene rings is 1. The molecule has 0 amide bonds. The Morgan fingerprint density at radius 3 is 2.95 bits per heavy atom. The molecule has 0 aliphatic rings. The molecule has 2 aromatic rings. The molecular weight excluding hydrogens is 326 g/mol. The van der Waals surface area contributed by atoms with Gasteiger partial charge < -0.3 is 10.1 Å². The Morgan fingerprint density at radius 2 is 2.32 bits per heavy atom. The number of ether oxygens (including phenoxy) is 1. The van der Waals surface area contributed by atoms with Crippen LogP contribution < -0.4 is 10.1 Å². The predicted molar refractivity (Wildman–Crippen MR) is 80.7 cm³/mol. The second-order valence-electron chi connectivity index (χ2n) is 4.09. The minimum Gasteiger partial charge on any atom is -0.496 e. The molecule has 1 N–H and O–H groups in total. The maximum atomic E-state index is 5.42. The van der Waals surface area contributed by atoms with Crippen molar-refractivity contribution in [3.8, 4) is 5.75 Å². The maximum Gasteiger partial charge on any atom is 0.122 e. The van der Waals surface area contributed by atoms with E-state index >= 15 is 0 Å². The number of nitrogens with one attached hydrogen (secondary N) is 1. The largest absolute Gasteiger partial charge is 0.496 e. The molecule has 0 fully saturated rings. The summed E-state index contributed by atoms with van der Waals surface area (Å²) in [7, 11) is 1.70. The number of halogens is 1. The van der Waals surface area contributed by atoms with Gasteiger partial charge in [0.15, 0.2) is 0 Å². The topological polar surface area (TPSA) is 47.0 Å². The van der Waals surface area contributed by atoms with Crippen LogP contribution in [0, 0.1) is 0 Å². The Balaban J connectivity index is 2.24. The van der Waals surface area contributed by atoms with Gasteiger partial charge in [0.1, 0.15) is 5.75 Å². The summed E-state index contributed by atoms with van der Waals surface area (Å²) in [4.78, 5) is 1.14. The highest BCUT2D eigenvalue weighted by Crippen LogP contribution is 2.28. The molecule has 19 heavy (non-hydrogen) atoms. The van der Waals surface area contributed by atoms with Crippen molar-refractivity contribution < 1.29 is 4.74 Å². The number of methoxy groups -OCH3 is 1. The highest BCUT2D eigenvalue weighted by molar-refractivity contribution is 9.10. The molecular formula is C13H16BrN3OS. The van der Waals surface area contributed by atoms with Crippen LogP contribution in [0.2, 0.25) is 0 Å². The van der Waals surface area contributed by atoms with Crippen LogP contribution >= 0.6 is 27.5 Å². The van der Waals surface area contributed by atoms with E-state index in [1.807, 2.05) is 18.3 Å². The summed E-state index contributed by atoms with van der Waals surface area (Å²) < 4.78 is 10.4. The fourth-order valence-electron chi connectivity index (χ4n) is 1.97. The van der Waals surface area contributed by atoms with Gasteiger partial charge in [0.2, 0.25) is 0 Å². The van der Waals surface area contributed by atoms with Gasteiger partial charge in [-0.3, -0.25) is 0 Å². The molecule has 4 nitrogen and oxygen atoms in total. The summed E-state index contributed by atoms with van der Waals surface area (Å²) in [6, 6.07) is 6.28. The first kappa shape index (κ1) is 14.4. The van der Waals surface area contributed by atoms with Crippen LogP contribution in [0.3, 0.4) is 0 Å². The molecule has 1 aromatic carbocycles. The van der Waals surface area contributed by atoms with Gasteiger partial charge in [-0.25, -0.2) is 0 Å². The monoisotopic (exact) mass is 341 g/mol.